The molecule has 0 aliphatic heterocycles. The van der Waals surface area contributed by atoms with Crippen LogP contribution in [-0.2, 0) is 4.79 Å². The minimum Gasteiger partial charge on any atom is -0.382 e. The van der Waals surface area contributed by atoms with E-state index in [1.807, 2.05) is 0 Å². The van der Waals surface area contributed by atoms with E-state index >= 15 is 0 Å². The van der Waals surface area contributed by atoms with Crippen molar-refractivity contribution >= 4 is 11.7 Å². The van der Waals surface area contributed by atoms with Crippen LogP contribution in [0.4, 0.5) is 0 Å². The van der Waals surface area contributed by atoms with Crippen LogP contribution in [0.3, 0.4) is 0 Å². The molecule has 76 valence electrons. The Morgan fingerprint density at radius 3 is 3.13 bits per heavy atom. The zero-order chi connectivity index (χ0) is 11.1. The maximum atomic E-state index is 10.9. The smallest absolute Gasteiger partial charge is 0.254 e. The van der Waals surface area contributed by atoms with Crippen LogP contribution in [0.2, 0.25) is 0 Å². The standard InChI is InChI=1S/C9H9N5O/c10-4-3-8(15)13-14-9(11)7-2-1-5-12-6-7/h1-2,5-6H,3H2,(H2,11,14)(H,13,15)/p+1. The number of nitriles is 1. The van der Waals surface area contributed by atoms with Gasteiger partial charge in [-0.2, -0.15) is 10.4 Å². The maximum Gasteiger partial charge on any atom is 0.254 e. The van der Waals surface area contributed by atoms with Gasteiger partial charge in [0.1, 0.15) is 6.42 Å². The number of pyridine rings is 1. The lowest BCUT2D eigenvalue weighted by atomic mass is 10.3. The van der Waals surface area contributed by atoms with Gasteiger partial charge in [-0.3, -0.25) is 4.79 Å². The fourth-order valence-electron chi connectivity index (χ4n) is 0.851. The summed E-state index contributed by atoms with van der Waals surface area (Å²) >= 11 is 0. The van der Waals surface area contributed by atoms with E-state index in [9.17, 15) is 4.79 Å². The van der Waals surface area contributed by atoms with Crippen LogP contribution in [0.25, 0.3) is 0 Å². The van der Waals surface area contributed by atoms with E-state index in [1.165, 1.54) is 0 Å². The third-order valence-electron chi connectivity index (χ3n) is 1.54. The highest BCUT2D eigenvalue weighted by atomic mass is 16.2. The van der Waals surface area contributed by atoms with Gasteiger partial charge in [-0.05, 0) is 6.07 Å². The fourth-order valence-corrected chi connectivity index (χ4v) is 0.851. The summed E-state index contributed by atoms with van der Waals surface area (Å²) in [6.07, 6.45) is 3.14. The number of carbonyl (C=O) groups excluding carboxylic acids is 1. The van der Waals surface area contributed by atoms with Gasteiger partial charge in [0.2, 0.25) is 0 Å². The highest BCUT2D eigenvalue weighted by Gasteiger charge is 2.02. The molecule has 0 aliphatic carbocycles. The van der Waals surface area contributed by atoms with Gasteiger partial charge in [0.05, 0.1) is 11.6 Å². The molecular formula is C9H10N5O+. The Bertz CT molecular complexity index is 406. The number of hydrogen-bond acceptors (Lipinski definition) is 3. The van der Waals surface area contributed by atoms with E-state index in [0.717, 1.165) is 0 Å². The largest absolute Gasteiger partial charge is 0.382 e. The summed E-state index contributed by atoms with van der Waals surface area (Å²) in [5.74, 6) is -0.307. The van der Waals surface area contributed by atoms with Gasteiger partial charge in [-0.1, -0.05) is 0 Å². The number of hydrazone groups is 1. The zero-order valence-electron chi connectivity index (χ0n) is 7.90. The van der Waals surface area contributed by atoms with Crippen molar-refractivity contribution in [2.75, 3.05) is 0 Å². The number of amides is 1. The molecule has 1 aromatic rings. The van der Waals surface area contributed by atoms with Crippen LogP contribution < -0.4 is 16.1 Å². The van der Waals surface area contributed by atoms with Crippen molar-refractivity contribution in [1.29, 1.82) is 5.26 Å². The second kappa shape index (κ2) is 5.34. The van der Waals surface area contributed by atoms with Crippen LogP contribution in [-0.4, -0.2) is 11.7 Å². The predicted molar refractivity (Wildman–Crippen MR) is 52.1 cm³/mol. The molecule has 1 amide bonds. The Hall–Kier alpha value is -2.42. The predicted octanol–water partition coefficient (Wildman–Crippen LogP) is -0.849. The molecular weight excluding hydrogens is 194 g/mol. The number of carbonyl (C=O) groups is 1. The van der Waals surface area contributed by atoms with Crippen LogP contribution in [0.1, 0.15) is 12.0 Å². The Morgan fingerprint density at radius 1 is 1.73 bits per heavy atom. The first-order valence-corrected chi connectivity index (χ1v) is 4.19. The van der Waals surface area contributed by atoms with Gasteiger partial charge >= 0.3 is 0 Å². The average molecular weight is 204 g/mol. The molecule has 4 N–H and O–H groups in total. The topological polar surface area (TPSA) is 105 Å². The van der Waals surface area contributed by atoms with E-state index < -0.39 is 5.91 Å². The SMILES string of the molecule is N#CCC(=O)NN=C(N)c1ccc[nH+]c1. The van der Waals surface area contributed by atoms with E-state index in [-0.39, 0.29) is 12.3 Å². The lowest BCUT2D eigenvalue weighted by molar-refractivity contribution is -0.378. The molecule has 6 nitrogen and oxygen atoms in total. The Morgan fingerprint density at radius 2 is 2.53 bits per heavy atom. The molecule has 6 heteroatoms. The number of aromatic amines is 1. The summed E-state index contributed by atoms with van der Waals surface area (Å²) in [5.41, 5.74) is 8.40. The molecule has 0 saturated carbocycles. The lowest BCUT2D eigenvalue weighted by Crippen LogP contribution is -2.24. The minimum absolute atomic E-state index is 0.179. The van der Waals surface area contributed by atoms with Crippen molar-refractivity contribution in [3.05, 3.63) is 30.1 Å². The molecule has 0 unspecified atom stereocenters. The molecule has 1 aromatic heterocycles. The molecule has 0 aliphatic rings. The van der Waals surface area contributed by atoms with Crippen molar-refractivity contribution in [1.82, 2.24) is 5.43 Å². The summed E-state index contributed by atoms with van der Waals surface area (Å²) < 4.78 is 0. The van der Waals surface area contributed by atoms with Gasteiger partial charge in [-0.15, -0.1) is 0 Å². The molecule has 0 spiro atoms. The van der Waals surface area contributed by atoms with Crippen molar-refractivity contribution in [3.8, 4) is 6.07 Å². The molecule has 0 fully saturated rings. The number of nitrogens with two attached hydrogens (primary N) is 1. The van der Waals surface area contributed by atoms with Crippen molar-refractivity contribution in [2.24, 2.45) is 10.8 Å². The Kier molecular flexibility index (Phi) is 3.79. The lowest BCUT2D eigenvalue weighted by Gasteiger charge is -1.97. The molecule has 0 saturated heterocycles. The molecule has 0 atom stereocenters. The van der Waals surface area contributed by atoms with Crippen molar-refractivity contribution < 1.29 is 9.78 Å². The number of nitrogens with one attached hydrogen (secondary N) is 2. The Balaban J connectivity index is 2.62. The minimum atomic E-state index is -0.486. The highest BCUT2D eigenvalue weighted by molar-refractivity contribution is 5.97. The summed E-state index contributed by atoms with van der Waals surface area (Å²) in [4.78, 5) is 13.7. The van der Waals surface area contributed by atoms with Gasteiger partial charge in [0.15, 0.2) is 18.2 Å². The van der Waals surface area contributed by atoms with Crippen LogP contribution in [0.5, 0.6) is 0 Å². The molecule has 0 radical (unpaired) electrons. The number of amidine groups is 1. The highest BCUT2D eigenvalue weighted by Crippen LogP contribution is 1.91. The monoisotopic (exact) mass is 204 g/mol. The molecule has 15 heavy (non-hydrogen) atoms. The molecule has 0 bridgehead atoms. The Labute approximate surface area is 86.4 Å². The number of H-pyrrole nitrogens is 1. The summed E-state index contributed by atoms with van der Waals surface area (Å²) in [5, 5.41) is 11.9. The first-order valence-electron chi connectivity index (χ1n) is 4.19. The number of rotatable bonds is 3. The van der Waals surface area contributed by atoms with Gasteiger partial charge in [-0.25, -0.2) is 10.4 Å². The van der Waals surface area contributed by atoms with Crippen molar-refractivity contribution in [2.45, 2.75) is 6.42 Å². The average Bonchev–Trinajstić information content (AvgIpc) is 2.27. The first kappa shape index (κ1) is 10.7. The molecule has 0 aromatic carbocycles. The number of hydrogen-bond donors (Lipinski definition) is 2. The maximum absolute atomic E-state index is 10.9. The van der Waals surface area contributed by atoms with Gasteiger partial charge < -0.3 is 5.73 Å². The van der Waals surface area contributed by atoms with Crippen LogP contribution in [0, 0.1) is 11.3 Å². The fraction of sp³-hybridized carbons (Fsp3) is 0.111. The van der Waals surface area contributed by atoms with Crippen LogP contribution in [0.15, 0.2) is 29.6 Å². The summed E-state index contributed by atoms with van der Waals surface area (Å²) in [7, 11) is 0. The van der Waals surface area contributed by atoms with Gasteiger partial charge in [0.25, 0.3) is 5.91 Å². The van der Waals surface area contributed by atoms with E-state index in [1.54, 1.807) is 30.6 Å². The quantitative estimate of drug-likeness (QED) is 0.380. The van der Waals surface area contributed by atoms with Crippen LogP contribution >= 0.6 is 0 Å². The number of aromatic nitrogens is 1. The second-order valence-corrected chi connectivity index (χ2v) is 2.66. The first-order chi connectivity index (χ1) is 7.24. The molecule has 1 rings (SSSR count). The van der Waals surface area contributed by atoms with E-state index in [4.69, 9.17) is 11.0 Å². The third-order valence-corrected chi connectivity index (χ3v) is 1.54. The van der Waals surface area contributed by atoms with E-state index in [2.05, 4.69) is 15.5 Å². The normalized spacial score (nSPS) is 10.5. The number of nitrogens with zero attached hydrogens (tertiary/aromatic N) is 2. The molecule has 1 heterocycles. The summed E-state index contributed by atoms with van der Waals surface area (Å²) in [6.45, 7) is 0. The zero-order valence-corrected chi connectivity index (χ0v) is 7.90. The van der Waals surface area contributed by atoms with Gasteiger partial charge in [0, 0.05) is 6.07 Å². The third kappa shape index (κ3) is 3.44. The van der Waals surface area contributed by atoms with E-state index in [0.29, 0.717) is 5.56 Å². The summed E-state index contributed by atoms with van der Waals surface area (Å²) in [6, 6.07) is 5.20. The van der Waals surface area contributed by atoms with Crippen molar-refractivity contribution in [3.63, 3.8) is 0 Å². The second-order valence-electron chi connectivity index (χ2n) is 2.66.